The average molecular weight is 104 g/mol. The van der Waals surface area contributed by atoms with E-state index in [0.29, 0.717) is 0 Å². The third kappa shape index (κ3) is 20.8. The van der Waals surface area contributed by atoms with Gasteiger partial charge in [0.2, 0.25) is 0 Å². The Hall–Kier alpha value is 0.880. The van der Waals surface area contributed by atoms with Crippen LogP contribution >= 0.6 is 0 Å². The molecule has 0 spiro atoms. The molecule has 0 saturated heterocycles. The molecule has 0 radical (unpaired) electrons. The Morgan fingerprint density at radius 2 is 1.33 bits per heavy atom. The number of hydrogen-bond acceptors (Lipinski definition) is 2. The van der Waals surface area contributed by atoms with E-state index in [2.05, 4.69) is 0 Å². The van der Waals surface area contributed by atoms with E-state index in [1.54, 1.807) is 0 Å². The first-order valence-electron chi connectivity index (χ1n) is 1.13. The Morgan fingerprint density at radius 3 is 1.33 bits per heavy atom. The first-order chi connectivity index (χ1) is 1.91. The molecule has 6 heavy (non-hydrogen) atoms. The van der Waals surface area contributed by atoms with E-state index in [9.17, 15) is 0 Å². The Morgan fingerprint density at radius 1 is 1.17 bits per heavy atom. The molecule has 0 aliphatic heterocycles. The Labute approximate surface area is 60.1 Å². The fourth-order valence-electron chi connectivity index (χ4n) is 0. The van der Waals surface area contributed by atoms with Crippen molar-refractivity contribution in [2.45, 2.75) is 0 Å². The molecule has 0 unspecified atom stereocenters. The summed E-state index contributed by atoms with van der Waals surface area (Å²) < 4.78 is 0. The summed E-state index contributed by atoms with van der Waals surface area (Å²) in [4.78, 5) is 0. The smallest absolute Gasteiger partial charge is 1.00 e. The second-order valence-corrected chi connectivity index (χ2v) is 0.447. The molecule has 4 N–H and O–H groups in total. The van der Waals surface area contributed by atoms with Gasteiger partial charge < -0.3 is 17.1 Å². The van der Waals surface area contributed by atoms with Crippen molar-refractivity contribution in [1.29, 1.82) is 0 Å². The molecular formula is C2H9NaO3. The van der Waals surface area contributed by atoms with Crippen molar-refractivity contribution in [3.63, 3.8) is 0 Å². The molecule has 0 fully saturated rings. The van der Waals surface area contributed by atoms with Crippen molar-refractivity contribution in [2.75, 3.05) is 13.2 Å². The van der Waals surface area contributed by atoms with Gasteiger partial charge >= 0.3 is 29.6 Å². The predicted molar refractivity (Wildman–Crippen MR) is 18.9 cm³/mol. The third-order valence-corrected chi connectivity index (χ3v) is 0.1000. The summed E-state index contributed by atoms with van der Waals surface area (Å²) in [5.41, 5.74) is 0. The quantitative estimate of drug-likeness (QED) is 0.328. The van der Waals surface area contributed by atoms with Gasteiger partial charge in [-0.25, -0.2) is 0 Å². The summed E-state index contributed by atoms with van der Waals surface area (Å²) >= 11 is 0. The minimum absolute atomic E-state index is 0. The Bertz CT molecular complexity index is 14.9. The minimum Gasteiger partial charge on any atom is -1.00 e. The summed E-state index contributed by atoms with van der Waals surface area (Å²) in [5, 5.41) is 15.2. The molecular weight excluding hydrogens is 95.0 g/mol. The molecule has 0 rings (SSSR count). The molecule has 4 heteroatoms. The van der Waals surface area contributed by atoms with E-state index in [1.807, 2.05) is 0 Å². The molecule has 0 aromatic rings. The molecule has 3 nitrogen and oxygen atoms in total. The van der Waals surface area contributed by atoms with Crippen LogP contribution in [0, 0.1) is 0 Å². The van der Waals surface area contributed by atoms with Crippen molar-refractivity contribution in [3.05, 3.63) is 0 Å². The van der Waals surface area contributed by atoms with Crippen LogP contribution in [0.3, 0.4) is 0 Å². The first-order valence-corrected chi connectivity index (χ1v) is 1.13. The summed E-state index contributed by atoms with van der Waals surface area (Å²) in [7, 11) is 0. The van der Waals surface area contributed by atoms with Gasteiger partial charge in [0.15, 0.2) is 0 Å². The molecule has 0 aliphatic rings. The van der Waals surface area contributed by atoms with Gasteiger partial charge in [-0.15, -0.1) is 0 Å². The fraction of sp³-hybridized carbons (Fsp3) is 1.00. The third-order valence-electron chi connectivity index (χ3n) is 0.1000. The van der Waals surface area contributed by atoms with Crippen LogP contribution in [0.2, 0.25) is 0 Å². The van der Waals surface area contributed by atoms with Crippen LogP contribution in [-0.2, 0) is 0 Å². The fourth-order valence-corrected chi connectivity index (χ4v) is 0. The van der Waals surface area contributed by atoms with Crippen molar-refractivity contribution in [2.24, 2.45) is 0 Å². The largest absolute Gasteiger partial charge is 1.00 e. The average Bonchev–Trinajstić information content (AvgIpc) is 1.37. The monoisotopic (exact) mass is 104 g/mol. The minimum atomic E-state index is -0.125. The molecule has 0 atom stereocenters. The van der Waals surface area contributed by atoms with Gasteiger partial charge in [0.05, 0.1) is 13.2 Å². The summed E-state index contributed by atoms with van der Waals surface area (Å²) in [6.07, 6.45) is 0. The zero-order valence-electron chi connectivity index (χ0n) is 4.81. The summed E-state index contributed by atoms with van der Waals surface area (Å²) in [5.74, 6) is 0. The van der Waals surface area contributed by atoms with Crippen LogP contribution in [0.25, 0.3) is 0 Å². The molecule has 0 amide bonds. The maximum Gasteiger partial charge on any atom is 1.00 e. The number of aliphatic hydroxyl groups is 2. The SMILES string of the molecule is O.OCCO.[H-].[Na+]. The van der Waals surface area contributed by atoms with Crippen molar-refractivity contribution in [1.82, 2.24) is 0 Å². The van der Waals surface area contributed by atoms with E-state index in [0.717, 1.165) is 0 Å². The van der Waals surface area contributed by atoms with Crippen LogP contribution in [0.1, 0.15) is 1.43 Å². The number of hydrogen-bond donors (Lipinski definition) is 2. The number of aliphatic hydroxyl groups excluding tert-OH is 2. The Kier molecular flexibility index (Phi) is 44.5. The summed E-state index contributed by atoms with van der Waals surface area (Å²) in [6, 6.07) is 0. The standard InChI is InChI=1S/C2H6O2.Na.H2O.H/c3-1-2-4;;;/h3-4H,1-2H2;;1H2;/q;+1;;-1. The van der Waals surface area contributed by atoms with Gasteiger partial charge in [0.25, 0.3) is 0 Å². The van der Waals surface area contributed by atoms with Crippen LogP contribution in [-0.4, -0.2) is 28.9 Å². The van der Waals surface area contributed by atoms with Gasteiger partial charge in [0.1, 0.15) is 0 Å². The molecule has 0 bridgehead atoms. The van der Waals surface area contributed by atoms with Gasteiger partial charge in [-0.05, 0) is 0 Å². The molecule has 0 aromatic carbocycles. The van der Waals surface area contributed by atoms with E-state index >= 15 is 0 Å². The predicted octanol–water partition coefficient (Wildman–Crippen LogP) is -4.74. The molecule has 36 valence electrons. The van der Waals surface area contributed by atoms with Crippen LogP contribution < -0.4 is 29.6 Å². The zero-order chi connectivity index (χ0) is 3.41. The second-order valence-electron chi connectivity index (χ2n) is 0.447. The maximum atomic E-state index is 7.62. The topological polar surface area (TPSA) is 72.0 Å². The van der Waals surface area contributed by atoms with Crippen LogP contribution in [0.15, 0.2) is 0 Å². The van der Waals surface area contributed by atoms with E-state index < -0.39 is 0 Å². The van der Waals surface area contributed by atoms with E-state index in [-0.39, 0.29) is 49.7 Å². The second kappa shape index (κ2) is 16.9. The van der Waals surface area contributed by atoms with Gasteiger partial charge in [0, 0.05) is 0 Å². The molecule has 0 aromatic heterocycles. The van der Waals surface area contributed by atoms with Crippen molar-refractivity contribution in [3.8, 4) is 0 Å². The normalized spacial score (nSPS) is 5.00. The number of rotatable bonds is 1. The van der Waals surface area contributed by atoms with Crippen molar-refractivity contribution >= 4 is 0 Å². The van der Waals surface area contributed by atoms with Gasteiger partial charge in [-0.1, -0.05) is 0 Å². The molecule has 0 aliphatic carbocycles. The van der Waals surface area contributed by atoms with Crippen molar-refractivity contribution < 1.29 is 46.7 Å². The zero-order valence-corrected chi connectivity index (χ0v) is 5.81. The van der Waals surface area contributed by atoms with Crippen LogP contribution in [0.4, 0.5) is 0 Å². The maximum absolute atomic E-state index is 7.62. The van der Waals surface area contributed by atoms with Gasteiger partial charge in [-0.2, -0.15) is 0 Å². The molecule has 0 saturated carbocycles. The van der Waals surface area contributed by atoms with E-state index in [1.165, 1.54) is 0 Å². The summed E-state index contributed by atoms with van der Waals surface area (Å²) in [6.45, 7) is -0.250. The van der Waals surface area contributed by atoms with Gasteiger partial charge in [-0.3, -0.25) is 0 Å². The van der Waals surface area contributed by atoms with Crippen LogP contribution in [0.5, 0.6) is 0 Å². The Balaban J connectivity index is -0.0000000150. The molecule has 0 heterocycles. The first kappa shape index (κ1) is 15.8. The van der Waals surface area contributed by atoms with E-state index in [4.69, 9.17) is 10.2 Å².